The smallest absolute Gasteiger partial charge is 0.223 e. The van der Waals surface area contributed by atoms with Gasteiger partial charge in [-0.25, -0.2) is 0 Å². The van der Waals surface area contributed by atoms with Gasteiger partial charge in [-0.3, -0.25) is 4.79 Å². The Hall–Kier alpha value is -0.610. The summed E-state index contributed by atoms with van der Waals surface area (Å²) >= 11 is 0. The van der Waals surface area contributed by atoms with Crippen LogP contribution in [-0.2, 0) is 4.79 Å². The molecule has 3 aliphatic rings. The number of amides is 1. The number of carbonyl (C=O) groups excluding carboxylic acids is 1. The molecule has 3 aliphatic heterocycles. The van der Waals surface area contributed by atoms with Crippen molar-refractivity contribution in [2.75, 3.05) is 13.2 Å². The van der Waals surface area contributed by atoms with Crippen LogP contribution >= 0.6 is 0 Å². The number of rotatable bonds is 3. The van der Waals surface area contributed by atoms with E-state index in [1.807, 2.05) is 4.90 Å². The second-order valence-electron chi connectivity index (χ2n) is 6.25. The first-order valence-electron chi connectivity index (χ1n) is 7.42. The molecule has 0 spiro atoms. The van der Waals surface area contributed by atoms with E-state index in [1.54, 1.807) is 0 Å². The minimum atomic E-state index is 0.0935. The van der Waals surface area contributed by atoms with E-state index in [9.17, 15) is 9.90 Å². The molecule has 0 aliphatic carbocycles. The van der Waals surface area contributed by atoms with Crippen LogP contribution < -0.4 is 5.32 Å². The summed E-state index contributed by atoms with van der Waals surface area (Å²) in [5.41, 5.74) is 0. The Morgan fingerprint density at radius 1 is 1.22 bits per heavy atom. The minimum absolute atomic E-state index is 0.0935. The van der Waals surface area contributed by atoms with Gasteiger partial charge < -0.3 is 15.3 Å². The molecule has 3 rings (SSSR count). The monoisotopic (exact) mass is 252 g/mol. The molecular weight excluding hydrogens is 228 g/mol. The molecule has 2 unspecified atom stereocenters. The summed E-state index contributed by atoms with van der Waals surface area (Å²) in [6, 6.07) is 1.42. The van der Waals surface area contributed by atoms with Crippen LogP contribution in [0.3, 0.4) is 0 Å². The van der Waals surface area contributed by atoms with Crippen molar-refractivity contribution >= 4 is 5.91 Å². The molecule has 0 aromatic heterocycles. The quantitative estimate of drug-likeness (QED) is 0.784. The fourth-order valence-electron chi connectivity index (χ4n) is 4.06. The topological polar surface area (TPSA) is 52.6 Å². The zero-order chi connectivity index (χ0) is 12.5. The summed E-state index contributed by atoms with van der Waals surface area (Å²) in [5.74, 6) is 0.842. The normalized spacial score (nSPS) is 39.3. The summed E-state index contributed by atoms with van der Waals surface area (Å²) < 4.78 is 0. The molecule has 0 aromatic rings. The van der Waals surface area contributed by atoms with Gasteiger partial charge in [-0.15, -0.1) is 0 Å². The lowest BCUT2D eigenvalue weighted by molar-refractivity contribution is -0.134. The predicted molar refractivity (Wildman–Crippen MR) is 69.1 cm³/mol. The predicted octanol–water partition coefficient (Wildman–Crippen LogP) is 0.890. The zero-order valence-corrected chi connectivity index (χ0v) is 11.0. The highest BCUT2D eigenvalue weighted by Gasteiger charge is 2.36. The number of piperidine rings is 1. The molecule has 0 saturated carbocycles. The number of aliphatic hydroxyl groups is 1. The Morgan fingerprint density at radius 2 is 1.94 bits per heavy atom. The van der Waals surface area contributed by atoms with Crippen molar-refractivity contribution in [3.8, 4) is 0 Å². The van der Waals surface area contributed by atoms with Crippen LogP contribution in [0.1, 0.15) is 44.9 Å². The molecule has 2 bridgehead atoms. The number of nitrogens with zero attached hydrogens (tertiary/aromatic N) is 1. The summed E-state index contributed by atoms with van der Waals surface area (Å²) in [6.45, 7) is 0.977. The molecular formula is C14H24N2O2. The first-order chi connectivity index (χ1) is 8.76. The van der Waals surface area contributed by atoms with E-state index < -0.39 is 0 Å². The van der Waals surface area contributed by atoms with E-state index in [4.69, 9.17) is 0 Å². The van der Waals surface area contributed by atoms with Crippen molar-refractivity contribution in [1.82, 2.24) is 10.2 Å². The van der Waals surface area contributed by atoms with Crippen LogP contribution in [-0.4, -0.2) is 47.2 Å². The second-order valence-corrected chi connectivity index (χ2v) is 6.25. The van der Waals surface area contributed by atoms with Crippen LogP contribution in [0.4, 0.5) is 0 Å². The first-order valence-corrected chi connectivity index (χ1v) is 7.42. The van der Waals surface area contributed by atoms with Gasteiger partial charge in [0.25, 0.3) is 0 Å². The van der Waals surface area contributed by atoms with E-state index in [-0.39, 0.29) is 18.6 Å². The molecule has 3 saturated heterocycles. The van der Waals surface area contributed by atoms with Crippen LogP contribution in [0.25, 0.3) is 0 Å². The van der Waals surface area contributed by atoms with Gasteiger partial charge in [0.1, 0.15) is 0 Å². The Balaban J connectivity index is 1.54. The molecule has 18 heavy (non-hydrogen) atoms. The number of likely N-dealkylation sites (tertiary alicyclic amines) is 1. The molecule has 3 fully saturated rings. The number of fused-ring (bicyclic) bond motifs is 2. The van der Waals surface area contributed by atoms with Gasteiger partial charge in [0.05, 0.1) is 12.6 Å². The molecule has 2 N–H and O–H groups in total. The maximum atomic E-state index is 12.3. The fraction of sp³-hybridized carbons (Fsp3) is 0.929. The van der Waals surface area contributed by atoms with Gasteiger partial charge in [0, 0.05) is 25.0 Å². The summed E-state index contributed by atoms with van der Waals surface area (Å²) in [6.07, 6.45) is 7.63. The number of aliphatic hydroxyl groups excluding tert-OH is 1. The third kappa shape index (κ3) is 2.41. The second kappa shape index (κ2) is 5.17. The van der Waals surface area contributed by atoms with Crippen LogP contribution in [0.15, 0.2) is 0 Å². The molecule has 0 radical (unpaired) electrons. The van der Waals surface area contributed by atoms with Gasteiger partial charge in [0.15, 0.2) is 0 Å². The average Bonchev–Trinajstić information content (AvgIpc) is 2.95. The summed E-state index contributed by atoms with van der Waals surface area (Å²) in [5, 5.41) is 12.9. The Morgan fingerprint density at radius 3 is 2.61 bits per heavy atom. The van der Waals surface area contributed by atoms with E-state index in [1.165, 1.54) is 25.7 Å². The third-order valence-corrected chi connectivity index (χ3v) is 4.94. The van der Waals surface area contributed by atoms with Crippen LogP contribution in [0.5, 0.6) is 0 Å². The number of nitrogens with one attached hydrogen (secondary N) is 1. The molecule has 102 valence electrons. The van der Waals surface area contributed by atoms with Crippen LogP contribution in [0.2, 0.25) is 0 Å². The van der Waals surface area contributed by atoms with E-state index in [0.717, 1.165) is 19.4 Å². The van der Waals surface area contributed by atoms with Gasteiger partial charge in [-0.1, -0.05) is 0 Å². The fourth-order valence-corrected chi connectivity index (χ4v) is 4.06. The van der Waals surface area contributed by atoms with Gasteiger partial charge in [-0.05, 0) is 44.4 Å². The standard InChI is InChI=1S/C14H24N2O2/c17-9-13-2-1-5-16(13)14(18)8-10-6-11-3-4-12(7-10)15-11/h10-13,15,17H,1-9H2/t10?,11?,12?,13-/m1/s1. The molecule has 1 amide bonds. The molecule has 4 nitrogen and oxygen atoms in total. The Bertz CT molecular complexity index is 309. The number of hydrogen-bond acceptors (Lipinski definition) is 3. The largest absolute Gasteiger partial charge is 0.394 e. The Labute approximate surface area is 109 Å². The summed E-state index contributed by atoms with van der Waals surface area (Å²) in [7, 11) is 0. The van der Waals surface area contributed by atoms with E-state index in [0.29, 0.717) is 24.4 Å². The maximum absolute atomic E-state index is 12.3. The maximum Gasteiger partial charge on any atom is 0.223 e. The van der Waals surface area contributed by atoms with Crippen molar-refractivity contribution in [1.29, 1.82) is 0 Å². The average molecular weight is 252 g/mol. The van der Waals surface area contributed by atoms with Crippen molar-refractivity contribution < 1.29 is 9.90 Å². The van der Waals surface area contributed by atoms with E-state index in [2.05, 4.69) is 5.32 Å². The molecule has 0 aromatic carbocycles. The van der Waals surface area contributed by atoms with Gasteiger partial charge in [0.2, 0.25) is 5.91 Å². The van der Waals surface area contributed by atoms with Crippen LogP contribution in [0, 0.1) is 5.92 Å². The third-order valence-electron chi connectivity index (χ3n) is 4.94. The van der Waals surface area contributed by atoms with Crippen molar-refractivity contribution in [2.24, 2.45) is 5.92 Å². The van der Waals surface area contributed by atoms with Crippen molar-refractivity contribution in [2.45, 2.75) is 63.1 Å². The summed E-state index contributed by atoms with van der Waals surface area (Å²) in [4.78, 5) is 14.2. The number of carbonyl (C=O) groups is 1. The Kier molecular flexibility index (Phi) is 3.57. The lowest BCUT2D eigenvalue weighted by Gasteiger charge is -2.31. The van der Waals surface area contributed by atoms with Gasteiger partial charge >= 0.3 is 0 Å². The van der Waals surface area contributed by atoms with Gasteiger partial charge in [-0.2, -0.15) is 0 Å². The SMILES string of the molecule is O=C(CC1CC2CCC(C1)N2)N1CCC[C@@H]1CO. The number of hydrogen-bond donors (Lipinski definition) is 2. The van der Waals surface area contributed by atoms with Crippen molar-refractivity contribution in [3.05, 3.63) is 0 Å². The lowest BCUT2D eigenvalue weighted by Crippen LogP contribution is -2.42. The minimum Gasteiger partial charge on any atom is -0.394 e. The first kappa shape index (κ1) is 12.4. The van der Waals surface area contributed by atoms with E-state index >= 15 is 0 Å². The molecule has 3 atom stereocenters. The highest BCUT2D eigenvalue weighted by molar-refractivity contribution is 5.77. The highest BCUT2D eigenvalue weighted by Crippen LogP contribution is 2.33. The molecule has 4 heteroatoms. The molecule has 3 heterocycles. The highest BCUT2D eigenvalue weighted by atomic mass is 16.3. The van der Waals surface area contributed by atoms with Crippen molar-refractivity contribution in [3.63, 3.8) is 0 Å². The lowest BCUT2D eigenvalue weighted by atomic mass is 9.89. The zero-order valence-electron chi connectivity index (χ0n) is 11.0.